The fourth-order valence-electron chi connectivity index (χ4n) is 4.65. The summed E-state index contributed by atoms with van der Waals surface area (Å²) in [5.41, 5.74) is 3.89. The summed E-state index contributed by atoms with van der Waals surface area (Å²) in [6, 6.07) is 26.2. The molecule has 194 valence electrons. The van der Waals surface area contributed by atoms with Crippen LogP contribution in [0.3, 0.4) is 0 Å². The van der Waals surface area contributed by atoms with E-state index in [1.54, 1.807) is 25.6 Å². The minimum atomic E-state index is -0.586. The zero-order valence-electron chi connectivity index (χ0n) is 21.9. The van der Waals surface area contributed by atoms with Crippen LogP contribution in [0.5, 0.6) is 11.5 Å². The van der Waals surface area contributed by atoms with Crippen LogP contribution in [0.15, 0.2) is 78.9 Å². The summed E-state index contributed by atoms with van der Waals surface area (Å²) in [6.07, 6.45) is -0.0142. The Morgan fingerprint density at radius 2 is 1.61 bits per heavy atom. The van der Waals surface area contributed by atoms with Crippen LogP contribution in [-0.2, 0) is 6.42 Å². The Morgan fingerprint density at radius 1 is 0.895 bits per heavy atom. The van der Waals surface area contributed by atoms with Gasteiger partial charge in [0.1, 0.15) is 11.6 Å². The molecule has 5 rings (SSSR count). The Kier molecular flexibility index (Phi) is 7.58. The Balaban J connectivity index is 1.42. The van der Waals surface area contributed by atoms with Gasteiger partial charge in [0.05, 0.1) is 31.9 Å². The molecule has 0 radical (unpaired) electrons. The molecule has 2 atom stereocenters. The molecule has 0 amide bonds. The molecule has 3 aromatic carbocycles. The van der Waals surface area contributed by atoms with Crippen molar-refractivity contribution < 1.29 is 14.6 Å². The molecule has 7 heteroatoms. The van der Waals surface area contributed by atoms with Gasteiger partial charge in [-0.15, -0.1) is 11.3 Å². The molecule has 0 spiro atoms. The third-order valence-electron chi connectivity index (χ3n) is 6.58. The van der Waals surface area contributed by atoms with Gasteiger partial charge in [0.2, 0.25) is 0 Å². The van der Waals surface area contributed by atoms with Crippen molar-refractivity contribution in [3.8, 4) is 21.9 Å². The number of anilines is 1. The highest BCUT2D eigenvalue weighted by molar-refractivity contribution is 7.15. The van der Waals surface area contributed by atoms with Gasteiger partial charge in [-0.2, -0.15) is 0 Å². The third kappa shape index (κ3) is 5.35. The SMILES string of the molecule is COc1cc2nc(C)nc(NC(C)c3ccc(-c4ccccc4C(O)Cc4ccccc4)s3)c2cc1OC. The number of rotatable bonds is 9. The lowest BCUT2D eigenvalue weighted by Crippen LogP contribution is -2.08. The van der Waals surface area contributed by atoms with Crippen molar-refractivity contribution in [3.05, 3.63) is 101 Å². The van der Waals surface area contributed by atoms with Crippen molar-refractivity contribution in [2.75, 3.05) is 19.5 Å². The van der Waals surface area contributed by atoms with E-state index < -0.39 is 6.10 Å². The lowest BCUT2D eigenvalue weighted by molar-refractivity contribution is 0.179. The second-order valence-corrected chi connectivity index (χ2v) is 10.3. The molecular formula is C31H31N3O3S. The quantitative estimate of drug-likeness (QED) is 0.213. The van der Waals surface area contributed by atoms with Gasteiger partial charge >= 0.3 is 0 Å². The van der Waals surface area contributed by atoms with Crippen molar-refractivity contribution >= 4 is 28.1 Å². The van der Waals surface area contributed by atoms with E-state index in [1.165, 1.54) is 0 Å². The third-order valence-corrected chi connectivity index (χ3v) is 7.88. The number of aryl methyl sites for hydroxylation is 1. The first-order valence-electron chi connectivity index (χ1n) is 12.5. The molecule has 0 aliphatic carbocycles. The summed E-state index contributed by atoms with van der Waals surface area (Å²) in [5, 5.41) is 15.5. The van der Waals surface area contributed by atoms with E-state index in [1.807, 2.05) is 67.6 Å². The number of benzene rings is 3. The molecule has 2 N–H and O–H groups in total. The van der Waals surface area contributed by atoms with Crippen molar-refractivity contribution in [1.82, 2.24) is 9.97 Å². The molecule has 0 saturated carbocycles. The second-order valence-electron chi connectivity index (χ2n) is 9.20. The number of hydrogen-bond donors (Lipinski definition) is 2. The van der Waals surface area contributed by atoms with Gasteiger partial charge in [-0.25, -0.2) is 9.97 Å². The predicted octanol–water partition coefficient (Wildman–Crippen LogP) is 7.13. The van der Waals surface area contributed by atoms with E-state index in [2.05, 4.69) is 35.4 Å². The molecule has 0 fully saturated rings. The maximum Gasteiger partial charge on any atom is 0.162 e. The van der Waals surface area contributed by atoms with Crippen LogP contribution in [0, 0.1) is 6.92 Å². The molecule has 0 aliphatic rings. The fourth-order valence-corrected chi connectivity index (χ4v) is 5.71. The van der Waals surface area contributed by atoms with Gasteiger partial charge in [-0.3, -0.25) is 0 Å². The predicted molar refractivity (Wildman–Crippen MR) is 154 cm³/mol. The van der Waals surface area contributed by atoms with Gasteiger partial charge in [-0.05, 0) is 48.7 Å². The molecule has 2 unspecified atom stereocenters. The molecule has 0 saturated heterocycles. The first-order valence-corrected chi connectivity index (χ1v) is 13.4. The maximum absolute atomic E-state index is 11.1. The zero-order chi connectivity index (χ0) is 26.6. The van der Waals surface area contributed by atoms with Crippen LogP contribution in [0.2, 0.25) is 0 Å². The normalized spacial score (nSPS) is 12.8. The van der Waals surface area contributed by atoms with Crippen molar-refractivity contribution in [2.24, 2.45) is 0 Å². The van der Waals surface area contributed by atoms with Crippen LogP contribution in [0.4, 0.5) is 5.82 Å². The Labute approximate surface area is 226 Å². The van der Waals surface area contributed by atoms with Crippen LogP contribution in [0.1, 0.15) is 40.9 Å². The summed E-state index contributed by atoms with van der Waals surface area (Å²) < 4.78 is 11.0. The number of nitrogens with zero attached hydrogens (tertiary/aromatic N) is 2. The first kappa shape index (κ1) is 25.7. The number of fused-ring (bicyclic) bond motifs is 1. The number of thiophene rings is 1. The molecule has 0 aliphatic heterocycles. The molecule has 38 heavy (non-hydrogen) atoms. The van der Waals surface area contributed by atoms with Crippen molar-refractivity contribution in [3.63, 3.8) is 0 Å². The van der Waals surface area contributed by atoms with Gasteiger partial charge in [-0.1, -0.05) is 54.6 Å². The van der Waals surface area contributed by atoms with Gasteiger partial charge < -0.3 is 19.9 Å². The summed E-state index contributed by atoms with van der Waals surface area (Å²) in [6.45, 7) is 4.00. The molecule has 2 heterocycles. The number of aromatic nitrogens is 2. The van der Waals surface area contributed by atoms with Crippen LogP contribution < -0.4 is 14.8 Å². The molecule has 5 aromatic rings. The molecule has 6 nitrogen and oxygen atoms in total. The van der Waals surface area contributed by atoms with Crippen LogP contribution in [0.25, 0.3) is 21.3 Å². The largest absolute Gasteiger partial charge is 0.493 e. The maximum atomic E-state index is 11.1. The van der Waals surface area contributed by atoms with Gasteiger partial charge in [0.25, 0.3) is 0 Å². The first-order chi connectivity index (χ1) is 18.5. The smallest absolute Gasteiger partial charge is 0.162 e. The van der Waals surface area contributed by atoms with Crippen LogP contribution in [-0.4, -0.2) is 29.3 Å². The van der Waals surface area contributed by atoms with E-state index in [0.29, 0.717) is 23.7 Å². The number of aliphatic hydroxyl groups is 1. The molecule has 2 aromatic heterocycles. The summed E-state index contributed by atoms with van der Waals surface area (Å²) in [4.78, 5) is 11.6. The number of nitrogens with one attached hydrogen (secondary N) is 1. The number of methoxy groups -OCH3 is 2. The number of aliphatic hydroxyl groups excluding tert-OH is 1. The summed E-state index contributed by atoms with van der Waals surface area (Å²) >= 11 is 1.71. The van der Waals surface area contributed by atoms with Crippen LogP contribution >= 0.6 is 11.3 Å². The highest BCUT2D eigenvalue weighted by Crippen LogP contribution is 2.38. The minimum absolute atomic E-state index is 0.000695. The Hall–Kier alpha value is -3.94. The van der Waals surface area contributed by atoms with Gasteiger partial charge in [0.15, 0.2) is 11.5 Å². The van der Waals surface area contributed by atoms with Gasteiger partial charge in [0, 0.05) is 27.6 Å². The topological polar surface area (TPSA) is 76.5 Å². The number of hydrogen-bond acceptors (Lipinski definition) is 7. The Morgan fingerprint density at radius 3 is 2.37 bits per heavy atom. The lowest BCUT2D eigenvalue weighted by Gasteiger charge is -2.17. The average molecular weight is 526 g/mol. The van der Waals surface area contributed by atoms with E-state index >= 15 is 0 Å². The van der Waals surface area contributed by atoms with E-state index in [0.717, 1.165) is 43.2 Å². The van der Waals surface area contributed by atoms with E-state index in [9.17, 15) is 5.11 Å². The zero-order valence-corrected chi connectivity index (χ0v) is 22.8. The van der Waals surface area contributed by atoms with Crippen molar-refractivity contribution in [2.45, 2.75) is 32.4 Å². The summed E-state index contributed by atoms with van der Waals surface area (Å²) in [5.74, 6) is 2.68. The summed E-state index contributed by atoms with van der Waals surface area (Å²) in [7, 11) is 3.24. The fraction of sp³-hybridized carbons (Fsp3) is 0.226. The lowest BCUT2D eigenvalue weighted by atomic mass is 9.96. The second kappa shape index (κ2) is 11.2. The molecule has 0 bridgehead atoms. The van der Waals surface area contributed by atoms with E-state index in [4.69, 9.17) is 14.5 Å². The average Bonchev–Trinajstić information content (AvgIpc) is 3.43. The minimum Gasteiger partial charge on any atom is -0.493 e. The highest BCUT2D eigenvalue weighted by Gasteiger charge is 2.18. The van der Waals surface area contributed by atoms with E-state index in [-0.39, 0.29) is 6.04 Å². The molecular weight excluding hydrogens is 494 g/mol. The highest BCUT2D eigenvalue weighted by atomic mass is 32.1. The Bertz CT molecular complexity index is 1550. The van der Waals surface area contributed by atoms with Crippen molar-refractivity contribution in [1.29, 1.82) is 0 Å². The number of ether oxygens (including phenoxy) is 2. The monoisotopic (exact) mass is 525 g/mol. The standard InChI is InChI=1S/C31H31N3O3S/c1-19(32-31-24-17-27(36-3)28(37-4)18-25(24)33-20(2)34-31)29-14-15-30(38-29)23-13-9-8-12-22(23)26(35)16-21-10-6-5-7-11-21/h5-15,17-19,26,35H,16H2,1-4H3,(H,32,33,34).